The van der Waals surface area contributed by atoms with Crippen LogP contribution in [0.5, 0.6) is 11.5 Å². The maximum atomic E-state index is 5.91. The van der Waals surface area contributed by atoms with Crippen molar-refractivity contribution in [3.8, 4) is 11.5 Å². The van der Waals surface area contributed by atoms with Crippen LogP contribution in [0.4, 0.5) is 0 Å². The van der Waals surface area contributed by atoms with E-state index >= 15 is 0 Å². The third kappa shape index (κ3) is 3.76. The molecule has 2 rings (SSSR count). The van der Waals surface area contributed by atoms with Crippen LogP contribution in [-0.2, 0) is 6.54 Å². The zero-order valence-electron chi connectivity index (χ0n) is 11.6. The average molecular weight is 257 g/mol. The maximum Gasteiger partial charge on any atom is 0.150 e. The van der Waals surface area contributed by atoms with E-state index in [0.717, 1.165) is 29.3 Å². The normalized spacial score (nSPS) is 10.7. The number of nitrogens with one attached hydrogen (secondary N) is 1. The summed E-state index contributed by atoms with van der Waals surface area (Å²) in [5, 5.41) is 3.38. The molecule has 0 unspecified atom stereocenters. The van der Waals surface area contributed by atoms with Gasteiger partial charge in [-0.1, -0.05) is 13.8 Å². The fraction of sp³-hybridized carbons (Fsp3) is 0.333. The van der Waals surface area contributed by atoms with E-state index < -0.39 is 0 Å². The molecule has 0 radical (unpaired) electrons. The summed E-state index contributed by atoms with van der Waals surface area (Å²) in [5.41, 5.74) is 1.96. The number of aromatic nitrogens is 2. The Kier molecular flexibility index (Phi) is 4.47. The van der Waals surface area contributed by atoms with Gasteiger partial charge < -0.3 is 10.1 Å². The molecular weight excluding hydrogens is 238 g/mol. The molecule has 0 atom stereocenters. The summed E-state index contributed by atoms with van der Waals surface area (Å²) in [5.74, 6) is 1.54. The Bertz CT molecular complexity index is 540. The van der Waals surface area contributed by atoms with E-state index in [1.807, 2.05) is 25.1 Å². The number of ether oxygens (including phenoxy) is 1. The van der Waals surface area contributed by atoms with Crippen molar-refractivity contribution in [2.24, 2.45) is 0 Å². The Hall–Kier alpha value is -1.94. The molecular formula is C15H19N3O. The zero-order valence-corrected chi connectivity index (χ0v) is 11.6. The molecule has 0 saturated heterocycles. The van der Waals surface area contributed by atoms with E-state index in [0.29, 0.717) is 6.04 Å². The molecule has 4 heteroatoms. The fourth-order valence-corrected chi connectivity index (χ4v) is 1.66. The SMILES string of the molecule is Cc1ncccc1Oc1cnccc1CNC(C)C. The second-order valence-electron chi connectivity index (χ2n) is 4.71. The first kappa shape index (κ1) is 13.5. The van der Waals surface area contributed by atoms with E-state index in [1.165, 1.54) is 0 Å². The summed E-state index contributed by atoms with van der Waals surface area (Å²) in [6.45, 7) is 6.92. The van der Waals surface area contributed by atoms with E-state index in [1.54, 1.807) is 18.6 Å². The lowest BCUT2D eigenvalue weighted by Gasteiger charge is -2.13. The van der Waals surface area contributed by atoms with Gasteiger partial charge in [0.2, 0.25) is 0 Å². The quantitative estimate of drug-likeness (QED) is 0.894. The highest BCUT2D eigenvalue weighted by Crippen LogP contribution is 2.25. The van der Waals surface area contributed by atoms with Crippen molar-refractivity contribution in [1.29, 1.82) is 0 Å². The molecule has 2 heterocycles. The summed E-state index contributed by atoms with van der Waals surface area (Å²) in [6, 6.07) is 6.18. The van der Waals surface area contributed by atoms with Gasteiger partial charge in [0.25, 0.3) is 0 Å². The Morgan fingerprint density at radius 2 is 2.05 bits per heavy atom. The van der Waals surface area contributed by atoms with Crippen molar-refractivity contribution in [2.45, 2.75) is 33.4 Å². The Labute approximate surface area is 113 Å². The minimum Gasteiger partial charge on any atom is -0.453 e. The van der Waals surface area contributed by atoms with Crippen molar-refractivity contribution < 1.29 is 4.74 Å². The first-order valence-corrected chi connectivity index (χ1v) is 6.42. The largest absolute Gasteiger partial charge is 0.453 e. The first-order chi connectivity index (χ1) is 9.16. The molecule has 2 aromatic heterocycles. The van der Waals surface area contributed by atoms with Crippen LogP contribution in [0.25, 0.3) is 0 Å². The molecule has 0 amide bonds. The van der Waals surface area contributed by atoms with Crippen LogP contribution < -0.4 is 10.1 Å². The number of rotatable bonds is 5. The molecule has 0 aliphatic carbocycles. The lowest BCUT2D eigenvalue weighted by atomic mass is 10.2. The number of nitrogens with zero attached hydrogens (tertiary/aromatic N) is 2. The lowest BCUT2D eigenvalue weighted by Crippen LogP contribution is -2.22. The predicted molar refractivity (Wildman–Crippen MR) is 75.3 cm³/mol. The Balaban J connectivity index is 2.18. The van der Waals surface area contributed by atoms with Gasteiger partial charge >= 0.3 is 0 Å². The van der Waals surface area contributed by atoms with Crippen LogP contribution in [0.3, 0.4) is 0 Å². The lowest BCUT2D eigenvalue weighted by molar-refractivity contribution is 0.461. The molecule has 19 heavy (non-hydrogen) atoms. The minimum absolute atomic E-state index is 0.432. The van der Waals surface area contributed by atoms with Crippen LogP contribution >= 0.6 is 0 Å². The molecule has 4 nitrogen and oxygen atoms in total. The number of pyridine rings is 2. The van der Waals surface area contributed by atoms with Gasteiger partial charge in [-0.15, -0.1) is 0 Å². The Morgan fingerprint density at radius 3 is 2.79 bits per heavy atom. The fourth-order valence-electron chi connectivity index (χ4n) is 1.66. The van der Waals surface area contributed by atoms with Crippen LogP contribution in [0.15, 0.2) is 36.8 Å². The molecule has 0 spiro atoms. The number of aryl methyl sites for hydroxylation is 1. The van der Waals surface area contributed by atoms with Gasteiger partial charge in [-0.3, -0.25) is 9.97 Å². The molecule has 100 valence electrons. The molecule has 0 aliphatic heterocycles. The van der Waals surface area contributed by atoms with E-state index in [-0.39, 0.29) is 0 Å². The van der Waals surface area contributed by atoms with E-state index in [9.17, 15) is 0 Å². The highest BCUT2D eigenvalue weighted by atomic mass is 16.5. The summed E-state index contributed by atoms with van der Waals surface area (Å²) in [6.07, 6.45) is 5.27. The van der Waals surface area contributed by atoms with Gasteiger partial charge in [-0.2, -0.15) is 0 Å². The van der Waals surface area contributed by atoms with Crippen LogP contribution in [0.2, 0.25) is 0 Å². The number of hydrogen-bond donors (Lipinski definition) is 1. The topological polar surface area (TPSA) is 47.0 Å². The monoisotopic (exact) mass is 257 g/mol. The molecule has 2 aromatic rings. The average Bonchev–Trinajstić information content (AvgIpc) is 2.40. The van der Waals surface area contributed by atoms with E-state index in [4.69, 9.17) is 4.74 Å². The van der Waals surface area contributed by atoms with Crippen molar-refractivity contribution in [1.82, 2.24) is 15.3 Å². The van der Waals surface area contributed by atoms with Crippen molar-refractivity contribution in [3.05, 3.63) is 48.0 Å². The van der Waals surface area contributed by atoms with Gasteiger partial charge in [-0.25, -0.2) is 0 Å². The van der Waals surface area contributed by atoms with Crippen LogP contribution in [0.1, 0.15) is 25.1 Å². The molecule has 0 aromatic carbocycles. The highest BCUT2D eigenvalue weighted by Gasteiger charge is 2.07. The zero-order chi connectivity index (χ0) is 13.7. The van der Waals surface area contributed by atoms with E-state index in [2.05, 4.69) is 29.1 Å². The molecule has 0 bridgehead atoms. The minimum atomic E-state index is 0.432. The third-order valence-corrected chi connectivity index (χ3v) is 2.75. The standard InChI is InChI=1S/C15H19N3O/c1-11(2)18-9-13-6-8-16-10-15(13)19-14-5-4-7-17-12(14)3/h4-8,10-11,18H,9H2,1-3H3. The summed E-state index contributed by atoms with van der Waals surface area (Å²) in [7, 11) is 0. The Morgan fingerprint density at radius 1 is 1.21 bits per heavy atom. The summed E-state index contributed by atoms with van der Waals surface area (Å²) in [4.78, 5) is 8.34. The van der Waals surface area contributed by atoms with Gasteiger partial charge in [0.1, 0.15) is 11.5 Å². The maximum absolute atomic E-state index is 5.91. The second-order valence-corrected chi connectivity index (χ2v) is 4.71. The first-order valence-electron chi connectivity index (χ1n) is 6.42. The van der Waals surface area contributed by atoms with Gasteiger partial charge in [0.05, 0.1) is 11.9 Å². The second kappa shape index (κ2) is 6.29. The van der Waals surface area contributed by atoms with Gasteiger partial charge in [0, 0.05) is 30.5 Å². The summed E-state index contributed by atoms with van der Waals surface area (Å²) < 4.78 is 5.91. The van der Waals surface area contributed by atoms with Crippen molar-refractivity contribution >= 4 is 0 Å². The van der Waals surface area contributed by atoms with Gasteiger partial charge in [-0.05, 0) is 25.1 Å². The smallest absolute Gasteiger partial charge is 0.150 e. The summed E-state index contributed by atoms with van der Waals surface area (Å²) >= 11 is 0. The third-order valence-electron chi connectivity index (χ3n) is 2.75. The predicted octanol–water partition coefficient (Wildman–Crippen LogP) is 3.08. The van der Waals surface area contributed by atoms with Crippen LogP contribution in [-0.4, -0.2) is 16.0 Å². The van der Waals surface area contributed by atoms with Gasteiger partial charge in [0.15, 0.2) is 0 Å². The molecule has 1 N–H and O–H groups in total. The molecule has 0 aliphatic rings. The number of hydrogen-bond acceptors (Lipinski definition) is 4. The van der Waals surface area contributed by atoms with Crippen molar-refractivity contribution in [3.63, 3.8) is 0 Å². The molecule has 0 saturated carbocycles. The molecule has 0 fully saturated rings. The van der Waals surface area contributed by atoms with Crippen LogP contribution in [0, 0.1) is 6.92 Å². The highest BCUT2D eigenvalue weighted by molar-refractivity contribution is 5.36. The van der Waals surface area contributed by atoms with Crippen molar-refractivity contribution in [2.75, 3.05) is 0 Å².